The second-order valence-electron chi connectivity index (χ2n) is 6.18. The second kappa shape index (κ2) is 3.87. The third kappa shape index (κ3) is 1.60. The molecule has 98 valence electrons. The summed E-state index contributed by atoms with van der Waals surface area (Å²) in [6.07, 6.45) is 3.88. The summed E-state index contributed by atoms with van der Waals surface area (Å²) >= 11 is 0. The SMILES string of the molecule is CC1C(OC(=O)c2ccco2)CC2(C(C)C)CC12. The number of ether oxygens (including phenoxy) is 1. The van der Waals surface area contributed by atoms with Crippen LogP contribution in [0.2, 0.25) is 0 Å². The third-order valence-corrected chi connectivity index (χ3v) is 5.11. The van der Waals surface area contributed by atoms with Crippen molar-refractivity contribution in [2.45, 2.75) is 39.7 Å². The van der Waals surface area contributed by atoms with Gasteiger partial charge < -0.3 is 9.15 Å². The third-order valence-electron chi connectivity index (χ3n) is 5.11. The van der Waals surface area contributed by atoms with Gasteiger partial charge in [-0.05, 0) is 48.1 Å². The minimum atomic E-state index is -0.322. The van der Waals surface area contributed by atoms with E-state index < -0.39 is 0 Å². The highest BCUT2D eigenvalue weighted by atomic mass is 16.6. The largest absolute Gasteiger partial charge is 0.457 e. The minimum absolute atomic E-state index is 0.0590. The van der Waals surface area contributed by atoms with E-state index in [-0.39, 0.29) is 12.1 Å². The Morgan fingerprint density at radius 1 is 1.50 bits per heavy atom. The van der Waals surface area contributed by atoms with Crippen LogP contribution in [0.4, 0.5) is 0 Å². The summed E-state index contributed by atoms with van der Waals surface area (Å²) in [5.41, 5.74) is 0.438. The summed E-state index contributed by atoms with van der Waals surface area (Å²) in [6, 6.07) is 3.36. The van der Waals surface area contributed by atoms with Crippen molar-refractivity contribution in [3.63, 3.8) is 0 Å². The summed E-state index contributed by atoms with van der Waals surface area (Å²) < 4.78 is 10.7. The highest BCUT2D eigenvalue weighted by molar-refractivity contribution is 5.86. The van der Waals surface area contributed by atoms with Crippen LogP contribution in [0.1, 0.15) is 44.2 Å². The van der Waals surface area contributed by atoms with Gasteiger partial charge in [-0.25, -0.2) is 4.79 Å². The summed E-state index contributed by atoms with van der Waals surface area (Å²) in [5.74, 6) is 1.88. The van der Waals surface area contributed by atoms with Crippen LogP contribution in [0.25, 0.3) is 0 Å². The molecule has 4 unspecified atom stereocenters. The molecule has 0 saturated heterocycles. The summed E-state index contributed by atoms with van der Waals surface area (Å²) in [5, 5.41) is 0. The molecule has 2 saturated carbocycles. The second-order valence-corrected chi connectivity index (χ2v) is 6.18. The van der Waals surface area contributed by atoms with Gasteiger partial charge >= 0.3 is 5.97 Å². The number of furan rings is 1. The van der Waals surface area contributed by atoms with Gasteiger partial charge in [-0.15, -0.1) is 0 Å². The quantitative estimate of drug-likeness (QED) is 0.768. The number of fused-ring (bicyclic) bond motifs is 1. The summed E-state index contributed by atoms with van der Waals surface area (Å²) in [4.78, 5) is 11.9. The Labute approximate surface area is 108 Å². The standard InChI is InChI=1S/C15H20O3/c1-9(2)15-7-11(15)10(3)13(8-15)18-14(16)12-5-4-6-17-12/h4-6,9-11,13H,7-8H2,1-3H3. The van der Waals surface area contributed by atoms with E-state index in [4.69, 9.17) is 9.15 Å². The summed E-state index contributed by atoms with van der Waals surface area (Å²) in [7, 11) is 0. The van der Waals surface area contributed by atoms with E-state index >= 15 is 0 Å². The van der Waals surface area contributed by atoms with Crippen molar-refractivity contribution in [3.05, 3.63) is 24.2 Å². The molecule has 0 N–H and O–H groups in total. The van der Waals surface area contributed by atoms with E-state index in [1.54, 1.807) is 12.1 Å². The van der Waals surface area contributed by atoms with Gasteiger partial charge in [0.1, 0.15) is 6.10 Å². The van der Waals surface area contributed by atoms with Crippen LogP contribution < -0.4 is 0 Å². The van der Waals surface area contributed by atoms with Crippen LogP contribution in [0.5, 0.6) is 0 Å². The monoisotopic (exact) mass is 248 g/mol. The van der Waals surface area contributed by atoms with Gasteiger partial charge in [0.15, 0.2) is 0 Å². The predicted molar refractivity (Wildman–Crippen MR) is 67.1 cm³/mol. The highest BCUT2D eigenvalue weighted by Crippen LogP contribution is 2.70. The molecule has 3 nitrogen and oxygen atoms in total. The molecule has 2 aliphatic carbocycles. The molecule has 3 heteroatoms. The lowest BCUT2D eigenvalue weighted by Gasteiger charge is -2.21. The molecular formula is C15H20O3. The normalized spacial score (nSPS) is 37.7. The van der Waals surface area contributed by atoms with Crippen LogP contribution in [0.3, 0.4) is 0 Å². The lowest BCUT2D eigenvalue weighted by atomic mass is 9.89. The first kappa shape index (κ1) is 11.8. The van der Waals surface area contributed by atoms with Crippen molar-refractivity contribution < 1.29 is 13.9 Å². The molecular weight excluding hydrogens is 228 g/mol. The first-order valence-corrected chi connectivity index (χ1v) is 6.79. The topological polar surface area (TPSA) is 39.4 Å². The maximum Gasteiger partial charge on any atom is 0.374 e. The Morgan fingerprint density at radius 3 is 2.83 bits per heavy atom. The van der Waals surface area contributed by atoms with Crippen LogP contribution in [0, 0.1) is 23.2 Å². The molecule has 0 amide bonds. The van der Waals surface area contributed by atoms with Crippen LogP contribution in [0.15, 0.2) is 22.8 Å². The fraction of sp³-hybridized carbons (Fsp3) is 0.667. The minimum Gasteiger partial charge on any atom is -0.457 e. The molecule has 0 aliphatic heterocycles. The Bertz CT molecular complexity index is 448. The predicted octanol–water partition coefficient (Wildman–Crippen LogP) is 3.51. The van der Waals surface area contributed by atoms with E-state index in [0.29, 0.717) is 23.0 Å². The van der Waals surface area contributed by atoms with Gasteiger partial charge in [0, 0.05) is 0 Å². The molecule has 1 aromatic heterocycles. The van der Waals surface area contributed by atoms with E-state index in [2.05, 4.69) is 20.8 Å². The van der Waals surface area contributed by atoms with Crippen LogP contribution >= 0.6 is 0 Å². The molecule has 1 heterocycles. The molecule has 0 aromatic carbocycles. The first-order valence-electron chi connectivity index (χ1n) is 6.79. The summed E-state index contributed by atoms with van der Waals surface area (Å²) in [6.45, 7) is 6.77. The van der Waals surface area contributed by atoms with E-state index in [0.717, 1.165) is 12.3 Å². The fourth-order valence-corrected chi connectivity index (χ4v) is 3.75. The Hall–Kier alpha value is -1.25. The zero-order valence-corrected chi connectivity index (χ0v) is 11.2. The molecule has 1 aromatic rings. The van der Waals surface area contributed by atoms with Crippen molar-refractivity contribution in [1.29, 1.82) is 0 Å². The molecule has 3 rings (SSSR count). The van der Waals surface area contributed by atoms with Gasteiger partial charge in [0.2, 0.25) is 5.76 Å². The zero-order chi connectivity index (χ0) is 12.9. The van der Waals surface area contributed by atoms with E-state index in [9.17, 15) is 4.79 Å². The number of rotatable bonds is 3. The molecule has 0 spiro atoms. The van der Waals surface area contributed by atoms with Crippen molar-refractivity contribution in [2.24, 2.45) is 23.2 Å². The Kier molecular flexibility index (Phi) is 2.54. The van der Waals surface area contributed by atoms with Gasteiger partial charge in [0.05, 0.1) is 6.26 Å². The number of esters is 1. The maximum atomic E-state index is 11.9. The van der Waals surface area contributed by atoms with Crippen molar-refractivity contribution in [3.8, 4) is 0 Å². The van der Waals surface area contributed by atoms with Crippen LogP contribution in [-0.4, -0.2) is 12.1 Å². The molecule has 2 fully saturated rings. The van der Waals surface area contributed by atoms with Gasteiger partial charge in [-0.1, -0.05) is 20.8 Å². The smallest absolute Gasteiger partial charge is 0.374 e. The maximum absolute atomic E-state index is 11.9. The number of hydrogen-bond donors (Lipinski definition) is 0. The van der Waals surface area contributed by atoms with Crippen molar-refractivity contribution in [2.75, 3.05) is 0 Å². The number of hydrogen-bond acceptors (Lipinski definition) is 3. The van der Waals surface area contributed by atoms with Gasteiger partial charge in [-0.2, -0.15) is 0 Å². The first-order chi connectivity index (χ1) is 8.54. The van der Waals surface area contributed by atoms with E-state index in [1.807, 2.05) is 0 Å². The Morgan fingerprint density at radius 2 is 2.28 bits per heavy atom. The molecule has 0 radical (unpaired) electrons. The molecule has 18 heavy (non-hydrogen) atoms. The lowest BCUT2D eigenvalue weighted by molar-refractivity contribution is 0.0126. The average Bonchev–Trinajstić information content (AvgIpc) is 2.72. The van der Waals surface area contributed by atoms with Crippen molar-refractivity contribution in [1.82, 2.24) is 0 Å². The van der Waals surface area contributed by atoms with Gasteiger partial charge in [0.25, 0.3) is 0 Å². The van der Waals surface area contributed by atoms with Crippen molar-refractivity contribution >= 4 is 5.97 Å². The van der Waals surface area contributed by atoms with E-state index in [1.165, 1.54) is 12.7 Å². The molecule has 2 aliphatic rings. The number of carbonyl (C=O) groups excluding carboxylic acids is 1. The average molecular weight is 248 g/mol. The van der Waals surface area contributed by atoms with Crippen LogP contribution in [-0.2, 0) is 4.74 Å². The lowest BCUT2D eigenvalue weighted by Crippen LogP contribution is -2.24. The zero-order valence-electron chi connectivity index (χ0n) is 11.2. The fourth-order valence-electron chi connectivity index (χ4n) is 3.75. The molecule has 0 bridgehead atoms. The number of carbonyl (C=O) groups is 1. The highest BCUT2D eigenvalue weighted by Gasteiger charge is 2.65. The molecule has 4 atom stereocenters. The Balaban J connectivity index is 1.67. The van der Waals surface area contributed by atoms with Gasteiger partial charge in [-0.3, -0.25) is 0 Å².